The minimum atomic E-state index is -3.15. The van der Waals surface area contributed by atoms with Crippen molar-refractivity contribution < 1.29 is 13.2 Å². The molecule has 6 heteroatoms. The molecule has 0 heterocycles. The maximum atomic E-state index is 11.6. The predicted molar refractivity (Wildman–Crippen MR) is 70.7 cm³/mol. The molecule has 0 saturated carbocycles. The molecule has 2 N–H and O–H groups in total. The zero-order valence-corrected chi connectivity index (χ0v) is 12.0. The third-order valence-corrected chi connectivity index (χ3v) is 3.67. The van der Waals surface area contributed by atoms with E-state index in [1.54, 1.807) is 0 Å². The maximum absolute atomic E-state index is 11.6. The van der Waals surface area contributed by atoms with E-state index in [1.165, 1.54) is 0 Å². The summed E-state index contributed by atoms with van der Waals surface area (Å²) in [5.74, 6) is 0.169. The van der Waals surface area contributed by atoms with Crippen LogP contribution in [0.5, 0.6) is 0 Å². The second kappa shape index (κ2) is 9.82. The normalized spacial score (nSPS) is 13.8. The van der Waals surface area contributed by atoms with Gasteiger partial charge in [-0.3, -0.25) is 0 Å². The summed E-state index contributed by atoms with van der Waals surface area (Å²) in [6.45, 7) is 8.46. The minimum absolute atomic E-state index is 0.0759. The molecule has 17 heavy (non-hydrogen) atoms. The fourth-order valence-electron chi connectivity index (χ4n) is 1.35. The highest BCUT2D eigenvalue weighted by Crippen LogP contribution is 1.93. The third-order valence-electron chi connectivity index (χ3n) is 2.24. The molecule has 0 rings (SSSR count). The van der Waals surface area contributed by atoms with E-state index in [0.29, 0.717) is 19.6 Å². The summed E-state index contributed by atoms with van der Waals surface area (Å²) in [6, 6.07) is 0. The first kappa shape index (κ1) is 16.8. The van der Waals surface area contributed by atoms with Crippen LogP contribution in [0, 0.1) is 0 Å². The second-order valence-corrected chi connectivity index (χ2v) is 5.96. The Bertz CT molecular complexity index is 268. The van der Waals surface area contributed by atoms with Crippen molar-refractivity contribution in [1.29, 1.82) is 0 Å². The van der Waals surface area contributed by atoms with Crippen LogP contribution in [-0.4, -0.2) is 46.5 Å². The van der Waals surface area contributed by atoms with E-state index in [4.69, 9.17) is 4.74 Å². The van der Waals surface area contributed by atoms with Crippen LogP contribution in [-0.2, 0) is 14.8 Å². The molecule has 1 atom stereocenters. The zero-order valence-electron chi connectivity index (χ0n) is 11.2. The van der Waals surface area contributed by atoms with Crippen LogP contribution < -0.4 is 10.0 Å². The average Bonchev–Trinajstić information content (AvgIpc) is 2.27. The quantitative estimate of drug-likeness (QED) is 0.541. The van der Waals surface area contributed by atoms with Crippen LogP contribution >= 0.6 is 0 Å². The number of nitrogens with one attached hydrogen (secondary N) is 2. The van der Waals surface area contributed by atoms with Gasteiger partial charge in [0.15, 0.2) is 0 Å². The van der Waals surface area contributed by atoms with E-state index in [2.05, 4.69) is 17.0 Å². The molecule has 0 aliphatic carbocycles. The van der Waals surface area contributed by atoms with E-state index in [0.717, 1.165) is 19.5 Å². The van der Waals surface area contributed by atoms with Gasteiger partial charge < -0.3 is 10.1 Å². The molecule has 0 amide bonds. The summed E-state index contributed by atoms with van der Waals surface area (Å²) < 4.78 is 31.0. The van der Waals surface area contributed by atoms with Gasteiger partial charge in [0.25, 0.3) is 0 Å². The highest BCUT2D eigenvalue weighted by atomic mass is 32.2. The van der Waals surface area contributed by atoms with Crippen molar-refractivity contribution in [3.8, 4) is 0 Å². The van der Waals surface area contributed by atoms with E-state index in [-0.39, 0.29) is 11.9 Å². The Balaban J connectivity index is 3.65. The van der Waals surface area contributed by atoms with Gasteiger partial charge in [0, 0.05) is 13.2 Å². The van der Waals surface area contributed by atoms with Gasteiger partial charge in [-0.25, -0.2) is 13.1 Å². The molecule has 0 aliphatic rings. The largest absolute Gasteiger partial charge is 0.377 e. The van der Waals surface area contributed by atoms with Gasteiger partial charge in [-0.05, 0) is 39.8 Å². The molecule has 0 spiro atoms. The molecule has 0 aromatic carbocycles. The fraction of sp³-hybridized carbons (Fsp3) is 1.00. The third kappa shape index (κ3) is 10.7. The van der Waals surface area contributed by atoms with Gasteiger partial charge in [-0.15, -0.1) is 0 Å². The molecule has 0 fully saturated rings. The standard InChI is InChI=1S/C11H26N2O3S/c1-4-7-12-8-6-9-17(14,15)13-10-11(3)16-5-2/h11-13H,4-10H2,1-3H3. The Morgan fingerprint density at radius 1 is 1.24 bits per heavy atom. The van der Waals surface area contributed by atoms with Crippen LogP contribution in [0.3, 0.4) is 0 Å². The summed E-state index contributed by atoms with van der Waals surface area (Å²) in [5, 5.41) is 3.18. The average molecular weight is 266 g/mol. The lowest BCUT2D eigenvalue weighted by atomic mass is 10.4. The fourth-order valence-corrected chi connectivity index (χ4v) is 2.51. The number of ether oxygens (including phenoxy) is 1. The molecule has 1 unspecified atom stereocenters. The Kier molecular flexibility index (Phi) is 9.72. The van der Waals surface area contributed by atoms with Gasteiger partial charge >= 0.3 is 0 Å². The molecule has 0 aliphatic heterocycles. The number of sulfonamides is 1. The summed E-state index contributed by atoms with van der Waals surface area (Å²) in [7, 11) is -3.15. The summed E-state index contributed by atoms with van der Waals surface area (Å²) in [5.41, 5.74) is 0. The molecule has 0 bridgehead atoms. The topological polar surface area (TPSA) is 67.4 Å². The summed E-state index contributed by atoms with van der Waals surface area (Å²) in [4.78, 5) is 0. The zero-order chi connectivity index (χ0) is 13.1. The van der Waals surface area contributed by atoms with Gasteiger partial charge in [-0.2, -0.15) is 0 Å². The van der Waals surface area contributed by atoms with E-state index < -0.39 is 10.0 Å². The van der Waals surface area contributed by atoms with Crippen LogP contribution in [0.1, 0.15) is 33.6 Å². The SMILES string of the molecule is CCCNCCCS(=O)(=O)NCC(C)OCC. The first-order chi connectivity index (χ1) is 8.02. The predicted octanol–water partition coefficient (Wildman–Crippen LogP) is 0.721. The lowest BCUT2D eigenvalue weighted by Gasteiger charge is -2.12. The minimum Gasteiger partial charge on any atom is -0.377 e. The second-order valence-electron chi connectivity index (χ2n) is 4.04. The number of hydrogen-bond donors (Lipinski definition) is 2. The molecule has 5 nitrogen and oxygen atoms in total. The molecule has 0 saturated heterocycles. The smallest absolute Gasteiger partial charge is 0.211 e. The molecular weight excluding hydrogens is 240 g/mol. The summed E-state index contributed by atoms with van der Waals surface area (Å²) >= 11 is 0. The highest BCUT2D eigenvalue weighted by molar-refractivity contribution is 7.89. The van der Waals surface area contributed by atoms with Crippen LogP contribution in [0.25, 0.3) is 0 Å². The number of rotatable bonds is 11. The maximum Gasteiger partial charge on any atom is 0.211 e. The van der Waals surface area contributed by atoms with Crippen LogP contribution in [0.4, 0.5) is 0 Å². The monoisotopic (exact) mass is 266 g/mol. The van der Waals surface area contributed by atoms with Crippen LogP contribution in [0.15, 0.2) is 0 Å². The summed E-state index contributed by atoms with van der Waals surface area (Å²) in [6.07, 6.45) is 1.63. The van der Waals surface area contributed by atoms with E-state index in [9.17, 15) is 8.42 Å². The Hall–Kier alpha value is -0.170. The lowest BCUT2D eigenvalue weighted by molar-refractivity contribution is 0.0799. The van der Waals surface area contributed by atoms with Gasteiger partial charge in [0.2, 0.25) is 10.0 Å². The molecule has 104 valence electrons. The first-order valence-corrected chi connectivity index (χ1v) is 7.96. The van der Waals surface area contributed by atoms with Crippen molar-refractivity contribution in [2.75, 3.05) is 32.0 Å². The highest BCUT2D eigenvalue weighted by Gasteiger charge is 2.11. The van der Waals surface area contributed by atoms with Crippen molar-refractivity contribution >= 4 is 10.0 Å². The Morgan fingerprint density at radius 2 is 1.94 bits per heavy atom. The van der Waals surface area contributed by atoms with E-state index in [1.807, 2.05) is 13.8 Å². The van der Waals surface area contributed by atoms with Gasteiger partial charge in [0.05, 0.1) is 11.9 Å². The molecule has 0 radical (unpaired) electrons. The van der Waals surface area contributed by atoms with Crippen molar-refractivity contribution in [3.63, 3.8) is 0 Å². The van der Waals surface area contributed by atoms with Crippen LogP contribution in [0.2, 0.25) is 0 Å². The van der Waals surface area contributed by atoms with Crippen molar-refractivity contribution in [3.05, 3.63) is 0 Å². The van der Waals surface area contributed by atoms with Crippen molar-refractivity contribution in [2.24, 2.45) is 0 Å². The Labute approximate surface area is 105 Å². The Morgan fingerprint density at radius 3 is 2.53 bits per heavy atom. The molecular formula is C11H26N2O3S. The molecule has 0 aromatic rings. The molecule has 0 aromatic heterocycles. The van der Waals surface area contributed by atoms with Gasteiger partial charge in [0.1, 0.15) is 0 Å². The van der Waals surface area contributed by atoms with Crippen molar-refractivity contribution in [2.45, 2.75) is 39.7 Å². The lowest BCUT2D eigenvalue weighted by Crippen LogP contribution is -2.34. The van der Waals surface area contributed by atoms with Crippen molar-refractivity contribution in [1.82, 2.24) is 10.0 Å². The first-order valence-electron chi connectivity index (χ1n) is 6.31. The number of hydrogen-bond acceptors (Lipinski definition) is 4. The van der Waals surface area contributed by atoms with E-state index >= 15 is 0 Å². The van der Waals surface area contributed by atoms with Gasteiger partial charge in [-0.1, -0.05) is 6.92 Å².